The summed E-state index contributed by atoms with van der Waals surface area (Å²) >= 11 is 1.79. The average Bonchev–Trinajstić information content (AvgIpc) is 2.82. The van der Waals surface area contributed by atoms with E-state index in [0.29, 0.717) is 0 Å². The second-order valence-electron chi connectivity index (χ2n) is 6.40. The van der Waals surface area contributed by atoms with Gasteiger partial charge in [0.05, 0.1) is 23.8 Å². The molecule has 0 saturated carbocycles. The first-order valence-electron chi connectivity index (χ1n) is 8.52. The van der Waals surface area contributed by atoms with Crippen molar-refractivity contribution >= 4 is 21.4 Å². The smallest absolute Gasteiger partial charge is 0.0885 e. The van der Waals surface area contributed by atoms with Crippen molar-refractivity contribution in [2.75, 3.05) is 26.2 Å². The lowest BCUT2D eigenvalue weighted by Gasteiger charge is -2.18. The molecule has 24 heavy (non-hydrogen) atoms. The van der Waals surface area contributed by atoms with Crippen molar-refractivity contribution in [3.05, 3.63) is 47.2 Å². The van der Waals surface area contributed by atoms with Crippen molar-refractivity contribution in [2.45, 2.75) is 19.9 Å². The van der Waals surface area contributed by atoms with Gasteiger partial charge >= 0.3 is 0 Å². The highest BCUT2D eigenvalue weighted by Gasteiger charge is 2.10. The molecule has 0 radical (unpaired) electrons. The predicted molar refractivity (Wildman–Crippen MR) is 100 cm³/mol. The summed E-state index contributed by atoms with van der Waals surface area (Å²) in [4.78, 5) is 11.8. The maximum atomic E-state index is 4.66. The number of benzene rings is 1. The Hall–Kier alpha value is -1.82. The third kappa shape index (κ3) is 3.34. The van der Waals surface area contributed by atoms with E-state index in [4.69, 9.17) is 0 Å². The van der Waals surface area contributed by atoms with E-state index in [0.717, 1.165) is 49.7 Å². The first kappa shape index (κ1) is 15.7. The summed E-state index contributed by atoms with van der Waals surface area (Å²) in [5.74, 6) is 0. The summed E-state index contributed by atoms with van der Waals surface area (Å²) in [6, 6.07) is 6.55. The first-order chi connectivity index (χ1) is 11.8. The van der Waals surface area contributed by atoms with Gasteiger partial charge in [-0.05, 0) is 54.9 Å². The average molecular weight is 338 g/mol. The van der Waals surface area contributed by atoms with Crippen molar-refractivity contribution in [1.29, 1.82) is 0 Å². The molecule has 0 atom stereocenters. The van der Waals surface area contributed by atoms with E-state index in [9.17, 15) is 0 Å². The van der Waals surface area contributed by atoms with E-state index >= 15 is 0 Å². The van der Waals surface area contributed by atoms with E-state index in [-0.39, 0.29) is 0 Å². The number of aryl methyl sites for hydroxylation is 1. The van der Waals surface area contributed by atoms with Gasteiger partial charge < -0.3 is 5.32 Å². The third-order valence-corrected chi connectivity index (χ3v) is 5.67. The minimum absolute atomic E-state index is 0.887. The number of aromatic nitrogens is 2. The highest BCUT2D eigenvalue weighted by molar-refractivity contribution is 7.17. The van der Waals surface area contributed by atoms with Crippen LogP contribution in [0.1, 0.15) is 17.7 Å². The summed E-state index contributed by atoms with van der Waals surface area (Å²) in [6.45, 7) is 7.43. The highest BCUT2D eigenvalue weighted by atomic mass is 32.1. The van der Waals surface area contributed by atoms with E-state index in [1.165, 1.54) is 22.1 Å². The van der Waals surface area contributed by atoms with Crippen molar-refractivity contribution in [1.82, 2.24) is 20.2 Å². The minimum Gasteiger partial charge on any atom is -0.315 e. The van der Waals surface area contributed by atoms with E-state index in [1.54, 1.807) is 11.3 Å². The van der Waals surface area contributed by atoms with Crippen LogP contribution in [-0.4, -0.2) is 41.0 Å². The molecule has 5 heteroatoms. The van der Waals surface area contributed by atoms with Crippen molar-refractivity contribution < 1.29 is 0 Å². The molecular formula is C19H22N4S. The predicted octanol–water partition coefficient (Wildman–Crippen LogP) is 3.46. The summed E-state index contributed by atoms with van der Waals surface area (Å²) in [6.07, 6.45) is 5.04. The maximum Gasteiger partial charge on any atom is 0.0885 e. The van der Waals surface area contributed by atoms with Crippen LogP contribution in [-0.2, 0) is 6.54 Å². The second kappa shape index (κ2) is 6.97. The van der Waals surface area contributed by atoms with Gasteiger partial charge in [-0.3, -0.25) is 14.9 Å². The normalized spacial score (nSPS) is 16.4. The zero-order valence-corrected chi connectivity index (χ0v) is 14.8. The van der Waals surface area contributed by atoms with Gasteiger partial charge in [0, 0.05) is 29.9 Å². The summed E-state index contributed by atoms with van der Waals surface area (Å²) in [5.41, 5.74) is 4.47. The molecule has 0 bridgehead atoms. The minimum atomic E-state index is 0.887. The quantitative estimate of drug-likeness (QED) is 0.794. The van der Waals surface area contributed by atoms with Crippen LogP contribution < -0.4 is 5.32 Å². The SMILES string of the molecule is Cc1csc2ccc(-c3cnc(CN4CCCNCC4)cn3)cc12. The molecule has 2 aromatic heterocycles. The van der Waals surface area contributed by atoms with Crippen LogP contribution in [0.2, 0.25) is 0 Å². The van der Waals surface area contributed by atoms with E-state index in [1.807, 2.05) is 12.4 Å². The van der Waals surface area contributed by atoms with Gasteiger partial charge in [0.15, 0.2) is 0 Å². The van der Waals surface area contributed by atoms with Crippen LogP contribution >= 0.6 is 11.3 Å². The number of hydrogen-bond donors (Lipinski definition) is 1. The van der Waals surface area contributed by atoms with Crippen LogP contribution in [0.25, 0.3) is 21.3 Å². The molecule has 1 N–H and O–H groups in total. The van der Waals surface area contributed by atoms with Crippen LogP contribution in [0.4, 0.5) is 0 Å². The standard InChI is InChI=1S/C19H22N4S/c1-14-13-24-19-4-3-15(9-17(14)19)18-11-21-16(10-22-18)12-23-7-2-5-20-6-8-23/h3-4,9-11,13,20H,2,5-8,12H2,1H3. The van der Waals surface area contributed by atoms with Crippen LogP contribution in [0.3, 0.4) is 0 Å². The molecule has 1 aliphatic rings. The van der Waals surface area contributed by atoms with Crippen LogP contribution in [0, 0.1) is 6.92 Å². The number of nitrogens with one attached hydrogen (secondary N) is 1. The lowest BCUT2D eigenvalue weighted by molar-refractivity contribution is 0.280. The van der Waals surface area contributed by atoms with Crippen molar-refractivity contribution in [3.8, 4) is 11.3 Å². The molecule has 4 nitrogen and oxygen atoms in total. The molecule has 124 valence electrons. The Kier molecular flexibility index (Phi) is 4.56. The summed E-state index contributed by atoms with van der Waals surface area (Å²) in [5, 5.41) is 6.96. The number of hydrogen-bond acceptors (Lipinski definition) is 5. The Morgan fingerprint density at radius 3 is 3.00 bits per heavy atom. The lowest BCUT2D eigenvalue weighted by atomic mass is 10.1. The van der Waals surface area contributed by atoms with Crippen molar-refractivity contribution in [3.63, 3.8) is 0 Å². The molecule has 3 heterocycles. The van der Waals surface area contributed by atoms with Gasteiger partial charge in [-0.1, -0.05) is 6.07 Å². The fraction of sp³-hybridized carbons (Fsp3) is 0.368. The van der Waals surface area contributed by atoms with Gasteiger partial charge in [0.25, 0.3) is 0 Å². The summed E-state index contributed by atoms with van der Waals surface area (Å²) in [7, 11) is 0. The topological polar surface area (TPSA) is 41.1 Å². The number of rotatable bonds is 3. The molecule has 1 aliphatic heterocycles. The van der Waals surface area contributed by atoms with Gasteiger partial charge in [0.2, 0.25) is 0 Å². The second-order valence-corrected chi connectivity index (χ2v) is 7.31. The first-order valence-corrected chi connectivity index (χ1v) is 9.40. The van der Waals surface area contributed by atoms with Crippen molar-refractivity contribution in [2.24, 2.45) is 0 Å². The van der Waals surface area contributed by atoms with Gasteiger partial charge in [-0.2, -0.15) is 0 Å². The van der Waals surface area contributed by atoms with Gasteiger partial charge in [0.1, 0.15) is 0 Å². The van der Waals surface area contributed by atoms with Gasteiger partial charge in [-0.15, -0.1) is 11.3 Å². The van der Waals surface area contributed by atoms with Crippen LogP contribution in [0.15, 0.2) is 36.0 Å². The third-order valence-electron chi connectivity index (χ3n) is 4.59. The molecule has 4 rings (SSSR count). The molecular weight excluding hydrogens is 316 g/mol. The molecule has 1 saturated heterocycles. The Bertz CT molecular complexity index is 817. The number of nitrogens with zero attached hydrogens (tertiary/aromatic N) is 3. The zero-order valence-electron chi connectivity index (χ0n) is 14.0. The van der Waals surface area contributed by atoms with Gasteiger partial charge in [-0.25, -0.2) is 0 Å². The Labute approximate surface area is 146 Å². The molecule has 3 aromatic rings. The molecule has 1 aromatic carbocycles. The largest absolute Gasteiger partial charge is 0.315 e. The lowest BCUT2D eigenvalue weighted by Crippen LogP contribution is -2.28. The highest BCUT2D eigenvalue weighted by Crippen LogP contribution is 2.29. The molecule has 0 spiro atoms. The number of fused-ring (bicyclic) bond motifs is 1. The summed E-state index contributed by atoms with van der Waals surface area (Å²) < 4.78 is 1.33. The molecule has 1 fully saturated rings. The van der Waals surface area contributed by atoms with E-state index in [2.05, 4.69) is 50.7 Å². The maximum absolute atomic E-state index is 4.66. The number of thiophene rings is 1. The van der Waals surface area contributed by atoms with Crippen LogP contribution in [0.5, 0.6) is 0 Å². The Morgan fingerprint density at radius 2 is 2.12 bits per heavy atom. The Morgan fingerprint density at radius 1 is 1.17 bits per heavy atom. The fourth-order valence-electron chi connectivity index (χ4n) is 3.19. The molecule has 0 aliphatic carbocycles. The fourth-order valence-corrected chi connectivity index (χ4v) is 4.11. The molecule has 0 amide bonds. The zero-order chi connectivity index (χ0) is 16.4. The molecule has 0 unspecified atom stereocenters. The van der Waals surface area contributed by atoms with E-state index < -0.39 is 0 Å². The monoisotopic (exact) mass is 338 g/mol. The Balaban J connectivity index is 1.52.